The van der Waals surface area contributed by atoms with Gasteiger partial charge in [0.2, 0.25) is 0 Å². The number of hydrogen-bond acceptors (Lipinski definition) is 3. The van der Waals surface area contributed by atoms with Crippen molar-refractivity contribution in [3.05, 3.63) is 35.9 Å². The number of carboxylic acids is 1. The molecular weight excluding hydrogens is 316 g/mol. The van der Waals surface area contributed by atoms with E-state index in [-0.39, 0.29) is 23.5 Å². The number of rotatable bonds is 10. The lowest BCUT2D eigenvalue weighted by molar-refractivity contribution is -0.167. The zero-order valence-electron chi connectivity index (χ0n) is 15.6. The fourth-order valence-corrected chi connectivity index (χ4v) is 4.19. The molecule has 0 aromatic heterocycles. The molecule has 0 aliphatic heterocycles. The molecule has 1 unspecified atom stereocenters. The lowest BCUT2D eigenvalue weighted by atomic mass is 9.52. The summed E-state index contributed by atoms with van der Waals surface area (Å²) in [6, 6.07) is 9.94. The minimum atomic E-state index is -0.848. The fraction of sp³-hybridized carbons (Fsp3) is 0.619. The molecule has 1 fully saturated rings. The summed E-state index contributed by atoms with van der Waals surface area (Å²) < 4.78 is 5.68. The number of carboxylic acid groups (broad SMARTS) is 1. The Morgan fingerprint density at radius 1 is 1.20 bits per heavy atom. The molecule has 0 saturated heterocycles. The quantitative estimate of drug-likeness (QED) is 0.635. The van der Waals surface area contributed by atoms with Crippen molar-refractivity contribution in [3.63, 3.8) is 0 Å². The normalized spacial score (nSPS) is 19.0. The Hall–Kier alpha value is -1.68. The standard InChI is InChI=1S/C21H30O4/c1-4-17(10-11-25-13-16-8-6-5-7-9-16)18(22)12-21(19(23)24)14-20(2,3)15-21/h5-9,17H,4,10-15H2,1-3H3,(H,23,24). The Morgan fingerprint density at radius 2 is 1.84 bits per heavy atom. The first-order chi connectivity index (χ1) is 11.8. The average molecular weight is 346 g/mol. The number of ketones is 1. The predicted molar refractivity (Wildman–Crippen MR) is 97.2 cm³/mol. The number of ether oxygens (including phenoxy) is 1. The first-order valence-electron chi connectivity index (χ1n) is 9.16. The Labute approximate surface area is 150 Å². The van der Waals surface area contributed by atoms with Gasteiger partial charge in [0, 0.05) is 18.9 Å². The first-order valence-corrected chi connectivity index (χ1v) is 9.16. The van der Waals surface area contributed by atoms with Gasteiger partial charge in [-0.3, -0.25) is 9.59 Å². The fourth-order valence-electron chi connectivity index (χ4n) is 4.19. The van der Waals surface area contributed by atoms with Gasteiger partial charge in [-0.05, 0) is 36.7 Å². The van der Waals surface area contributed by atoms with Crippen LogP contribution in [0.15, 0.2) is 30.3 Å². The van der Waals surface area contributed by atoms with Crippen molar-refractivity contribution in [3.8, 4) is 0 Å². The van der Waals surface area contributed by atoms with Gasteiger partial charge in [0.1, 0.15) is 5.78 Å². The van der Waals surface area contributed by atoms with Crippen molar-refractivity contribution < 1.29 is 19.4 Å². The molecule has 0 amide bonds. The van der Waals surface area contributed by atoms with E-state index in [9.17, 15) is 14.7 Å². The molecule has 0 radical (unpaired) electrons. The van der Waals surface area contributed by atoms with Crippen molar-refractivity contribution in [1.82, 2.24) is 0 Å². The van der Waals surface area contributed by atoms with Gasteiger partial charge >= 0.3 is 5.97 Å². The van der Waals surface area contributed by atoms with E-state index in [1.54, 1.807) is 0 Å². The number of Topliss-reactive ketones (excluding diaryl/α,β-unsaturated/α-hetero) is 1. The maximum Gasteiger partial charge on any atom is 0.310 e. The van der Waals surface area contributed by atoms with Crippen molar-refractivity contribution >= 4 is 11.8 Å². The van der Waals surface area contributed by atoms with Crippen LogP contribution in [0.5, 0.6) is 0 Å². The van der Waals surface area contributed by atoms with Crippen LogP contribution in [-0.2, 0) is 20.9 Å². The van der Waals surface area contributed by atoms with Crippen LogP contribution in [0.25, 0.3) is 0 Å². The maximum atomic E-state index is 12.6. The van der Waals surface area contributed by atoms with Crippen LogP contribution in [0.1, 0.15) is 58.4 Å². The molecule has 1 aromatic rings. The third-order valence-electron chi connectivity index (χ3n) is 5.27. The summed E-state index contributed by atoms with van der Waals surface area (Å²) in [5.41, 5.74) is 0.293. The summed E-state index contributed by atoms with van der Waals surface area (Å²) in [5.74, 6) is -0.866. The molecule has 1 saturated carbocycles. The molecule has 1 aromatic carbocycles. The lowest BCUT2D eigenvalue weighted by Crippen LogP contribution is -2.50. The van der Waals surface area contributed by atoms with Gasteiger partial charge in [0.15, 0.2) is 0 Å². The van der Waals surface area contributed by atoms with Crippen LogP contribution in [0.2, 0.25) is 0 Å². The van der Waals surface area contributed by atoms with Gasteiger partial charge in [-0.1, -0.05) is 51.1 Å². The van der Waals surface area contributed by atoms with E-state index in [2.05, 4.69) is 13.8 Å². The molecule has 0 bridgehead atoms. The SMILES string of the molecule is CCC(CCOCc1ccccc1)C(=O)CC1(C(=O)O)CC(C)(C)C1. The van der Waals surface area contributed by atoms with Gasteiger partial charge in [-0.15, -0.1) is 0 Å². The van der Waals surface area contributed by atoms with Crippen LogP contribution in [-0.4, -0.2) is 23.5 Å². The smallest absolute Gasteiger partial charge is 0.310 e. The molecule has 25 heavy (non-hydrogen) atoms. The molecular formula is C21H30O4. The molecule has 1 N–H and O–H groups in total. The second kappa shape index (κ2) is 8.13. The molecule has 1 aliphatic rings. The van der Waals surface area contributed by atoms with Crippen molar-refractivity contribution in [1.29, 1.82) is 0 Å². The number of aliphatic carboxylic acids is 1. The van der Waals surface area contributed by atoms with E-state index in [0.717, 1.165) is 12.0 Å². The molecule has 1 atom stereocenters. The average Bonchev–Trinajstić information content (AvgIpc) is 2.53. The molecule has 4 nitrogen and oxygen atoms in total. The number of carbonyl (C=O) groups excluding carboxylic acids is 1. The molecule has 2 rings (SSSR count). The van der Waals surface area contributed by atoms with Gasteiger partial charge < -0.3 is 9.84 Å². The first kappa shape index (κ1) is 19.6. The highest BCUT2D eigenvalue weighted by molar-refractivity contribution is 5.88. The van der Waals surface area contributed by atoms with E-state index in [1.165, 1.54) is 0 Å². The number of carbonyl (C=O) groups is 2. The second-order valence-electron chi connectivity index (χ2n) is 8.18. The summed E-state index contributed by atoms with van der Waals surface area (Å²) in [6.45, 7) is 7.17. The third kappa shape index (κ3) is 5.15. The van der Waals surface area contributed by atoms with E-state index in [1.807, 2.05) is 37.3 Å². The van der Waals surface area contributed by atoms with Crippen molar-refractivity contribution in [2.24, 2.45) is 16.7 Å². The topological polar surface area (TPSA) is 63.6 Å². The molecule has 4 heteroatoms. The summed E-state index contributed by atoms with van der Waals surface area (Å²) in [5, 5.41) is 9.58. The molecule has 0 spiro atoms. The van der Waals surface area contributed by atoms with Crippen LogP contribution in [0.3, 0.4) is 0 Å². The molecule has 1 aliphatic carbocycles. The third-order valence-corrected chi connectivity index (χ3v) is 5.27. The zero-order chi connectivity index (χ0) is 18.5. The Morgan fingerprint density at radius 3 is 2.36 bits per heavy atom. The van der Waals surface area contributed by atoms with Crippen molar-refractivity contribution in [2.75, 3.05) is 6.61 Å². The minimum absolute atomic E-state index is 0.0270. The predicted octanol–water partition coefficient (Wildman–Crippen LogP) is 4.47. The Balaban J connectivity index is 1.81. The Bertz CT molecular complexity index is 583. The van der Waals surface area contributed by atoms with Crippen LogP contribution >= 0.6 is 0 Å². The largest absolute Gasteiger partial charge is 0.481 e. The maximum absolute atomic E-state index is 12.6. The van der Waals surface area contributed by atoms with Crippen molar-refractivity contribution in [2.45, 2.75) is 59.5 Å². The second-order valence-corrected chi connectivity index (χ2v) is 8.18. The molecule has 138 valence electrons. The van der Waals surface area contributed by atoms with Crippen LogP contribution < -0.4 is 0 Å². The number of hydrogen-bond donors (Lipinski definition) is 1. The monoisotopic (exact) mass is 346 g/mol. The van der Waals surface area contributed by atoms with Gasteiger partial charge in [-0.2, -0.15) is 0 Å². The van der Waals surface area contributed by atoms with Gasteiger partial charge in [0.05, 0.1) is 12.0 Å². The van der Waals surface area contributed by atoms with Crippen LogP contribution in [0.4, 0.5) is 0 Å². The Kier molecular flexibility index (Phi) is 6.39. The lowest BCUT2D eigenvalue weighted by Gasteiger charge is -2.50. The summed E-state index contributed by atoms with van der Waals surface area (Å²) in [7, 11) is 0. The summed E-state index contributed by atoms with van der Waals surface area (Å²) >= 11 is 0. The van der Waals surface area contributed by atoms with Crippen LogP contribution in [0, 0.1) is 16.7 Å². The van der Waals surface area contributed by atoms with Gasteiger partial charge in [-0.25, -0.2) is 0 Å². The highest BCUT2D eigenvalue weighted by atomic mass is 16.5. The van der Waals surface area contributed by atoms with E-state index < -0.39 is 11.4 Å². The minimum Gasteiger partial charge on any atom is -0.481 e. The number of benzene rings is 1. The molecule has 0 heterocycles. The van der Waals surface area contributed by atoms with E-state index in [4.69, 9.17) is 4.74 Å². The summed E-state index contributed by atoms with van der Waals surface area (Å²) in [6.07, 6.45) is 2.71. The highest BCUT2D eigenvalue weighted by Gasteiger charge is 2.55. The highest BCUT2D eigenvalue weighted by Crippen LogP contribution is 2.56. The van der Waals surface area contributed by atoms with E-state index in [0.29, 0.717) is 32.5 Å². The van der Waals surface area contributed by atoms with E-state index >= 15 is 0 Å². The summed E-state index contributed by atoms with van der Waals surface area (Å²) in [4.78, 5) is 24.3. The zero-order valence-corrected chi connectivity index (χ0v) is 15.6. The van der Waals surface area contributed by atoms with Gasteiger partial charge in [0.25, 0.3) is 0 Å².